The van der Waals surface area contributed by atoms with Crippen LogP contribution in [-0.4, -0.2) is 64.1 Å². The first kappa shape index (κ1) is 17.6. The summed E-state index contributed by atoms with van der Waals surface area (Å²) in [6, 6.07) is 3.96. The Morgan fingerprint density at radius 3 is 2.71 bits per heavy atom. The lowest BCUT2D eigenvalue weighted by Gasteiger charge is -2.41. The number of benzene rings is 1. The Balaban J connectivity index is 1.70. The maximum atomic E-state index is 13.9. The molecule has 132 valence electrons. The van der Waals surface area contributed by atoms with Crippen LogP contribution in [0.15, 0.2) is 18.2 Å². The fraction of sp³-hybridized carbons (Fsp3) is 0.588. The molecule has 0 bridgehead atoms. The van der Waals surface area contributed by atoms with E-state index in [4.69, 9.17) is 0 Å². The van der Waals surface area contributed by atoms with Gasteiger partial charge in [0.25, 0.3) is 5.91 Å². The van der Waals surface area contributed by atoms with Gasteiger partial charge in [0.05, 0.1) is 0 Å². The Morgan fingerprint density at radius 2 is 1.96 bits per heavy atom. The van der Waals surface area contributed by atoms with Crippen molar-refractivity contribution in [2.45, 2.75) is 25.0 Å². The van der Waals surface area contributed by atoms with Gasteiger partial charge < -0.3 is 10.0 Å². The molecule has 2 fully saturated rings. The molecule has 1 aromatic rings. The maximum Gasteiger partial charge on any atom is 0.256 e. The summed E-state index contributed by atoms with van der Waals surface area (Å²) in [5, 5.41) is 10.9. The Bertz CT molecular complexity index is 610. The lowest BCUT2D eigenvalue weighted by Crippen LogP contribution is -2.59. The van der Waals surface area contributed by atoms with Crippen LogP contribution in [-0.2, 0) is 11.3 Å². The lowest BCUT2D eigenvalue weighted by atomic mass is 9.90. The largest absolute Gasteiger partial charge is 0.379 e. The van der Waals surface area contributed by atoms with Gasteiger partial charge in [-0.15, -0.1) is 0 Å². The zero-order chi connectivity index (χ0) is 17.2. The summed E-state index contributed by atoms with van der Waals surface area (Å²) in [5.74, 6) is -0.216. The Labute approximate surface area is 144 Å². The van der Waals surface area contributed by atoms with Gasteiger partial charge in [0.1, 0.15) is 0 Å². The number of halogens is 2. The van der Waals surface area contributed by atoms with Gasteiger partial charge in [-0.1, -0.05) is 12.1 Å². The van der Waals surface area contributed by atoms with Crippen LogP contribution in [0.25, 0.3) is 0 Å². The Morgan fingerprint density at radius 1 is 1.21 bits per heavy atom. The average Bonchev–Trinajstić information content (AvgIpc) is 2.57. The van der Waals surface area contributed by atoms with E-state index in [1.165, 1.54) is 17.0 Å². The van der Waals surface area contributed by atoms with E-state index in [-0.39, 0.29) is 18.0 Å². The number of carbonyl (C=O) groups is 1. The summed E-state index contributed by atoms with van der Waals surface area (Å²) in [6.07, 6.45) is 1.07. The molecular formula is C17H22F2N2O2S. The van der Waals surface area contributed by atoms with Gasteiger partial charge in [-0.05, 0) is 18.9 Å². The molecule has 2 saturated heterocycles. The standard InChI is InChI=1S/C17H22F2N2O2S/c18-14-4-1-3-13(15(14)19)11-21-6-2-5-17(23,16(21)22)12-20-7-9-24-10-8-20/h1,3-4,23H,2,5-12H2. The smallest absolute Gasteiger partial charge is 0.256 e. The van der Waals surface area contributed by atoms with Crippen LogP contribution < -0.4 is 0 Å². The summed E-state index contributed by atoms with van der Waals surface area (Å²) < 4.78 is 27.2. The van der Waals surface area contributed by atoms with Gasteiger partial charge in [-0.2, -0.15) is 11.8 Å². The topological polar surface area (TPSA) is 43.8 Å². The van der Waals surface area contributed by atoms with Crippen LogP contribution in [0.3, 0.4) is 0 Å². The van der Waals surface area contributed by atoms with Gasteiger partial charge >= 0.3 is 0 Å². The van der Waals surface area contributed by atoms with Gasteiger partial charge in [0, 0.05) is 49.8 Å². The van der Waals surface area contributed by atoms with Crippen molar-refractivity contribution < 1.29 is 18.7 Å². The monoisotopic (exact) mass is 356 g/mol. The normalized spacial score (nSPS) is 26.0. The minimum atomic E-state index is -1.43. The number of nitrogens with zero attached hydrogens (tertiary/aromatic N) is 2. The van der Waals surface area contributed by atoms with E-state index >= 15 is 0 Å². The summed E-state index contributed by atoms with van der Waals surface area (Å²) in [6.45, 7) is 2.47. The first-order valence-electron chi connectivity index (χ1n) is 8.24. The molecule has 1 aromatic carbocycles. The van der Waals surface area contributed by atoms with Crippen molar-refractivity contribution in [1.29, 1.82) is 0 Å². The predicted octanol–water partition coefficient (Wildman–Crippen LogP) is 1.87. The maximum absolute atomic E-state index is 13.9. The minimum Gasteiger partial charge on any atom is -0.379 e. The van der Waals surface area contributed by atoms with Crippen LogP contribution in [0.2, 0.25) is 0 Å². The van der Waals surface area contributed by atoms with Crippen molar-refractivity contribution >= 4 is 17.7 Å². The molecule has 1 N–H and O–H groups in total. The summed E-state index contributed by atoms with van der Waals surface area (Å²) >= 11 is 1.87. The van der Waals surface area contributed by atoms with E-state index in [1.807, 2.05) is 11.8 Å². The third kappa shape index (κ3) is 3.73. The van der Waals surface area contributed by atoms with Gasteiger partial charge in [0.15, 0.2) is 17.2 Å². The first-order chi connectivity index (χ1) is 11.5. The highest BCUT2D eigenvalue weighted by Crippen LogP contribution is 2.27. The van der Waals surface area contributed by atoms with Crippen molar-refractivity contribution in [3.63, 3.8) is 0 Å². The molecule has 24 heavy (non-hydrogen) atoms. The van der Waals surface area contributed by atoms with E-state index in [2.05, 4.69) is 4.90 Å². The van der Waals surface area contributed by atoms with Crippen LogP contribution >= 0.6 is 11.8 Å². The number of amides is 1. The molecule has 3 rings (SSSR count). The first-order valence-corrected chi connectivity index (χ1v) is 9.40. The third-order valence-corrected chi connectivity index (χ3v) is 5.63. The molecular weight excluding hydrogens is 334 g/mol. The zero-order valence-corrected chi connectivity index (χ0v) is 14.3. The molecule has 1 unspecified atom stereocenters. The molecule has 2 aliphatic heterocycles. The van der Waals surface area contributed by atoms with Gasteiger partial charge in [-0.3, -0.25) is 9.69 Å². The second-order valence-corrected chi connectivity index (χ2v) is 7.69. The Hall–Kier alpha value is -1.18. The molecule has 1 atom stereocenters. The molecule has 4 nitrogen and oxygen atoms in total. The summed E-state index contributed by atoms with van der Waals surface area (Å²) in [4.78, 5) is 16.3. The van der Waals surface area contributed by atoms with Gasteiger partial charge in [-0.25, -0.2) is 8.78 Å². The molecule has 2 aliphatic rings. The number of β-amino-alcohol motifs (C(OH)–C–C–N with tert-alkyl or cyclic N) is 1. The number of piperidine rings is 1. The highest BCUT2D eigenvalue weighted by atomic mass is 32.2. The molecule has 0 radical (unpaired) electrons. The summed E-state index contributed by atoms with van der Waals surface area (Å²) in [7, 11) is 0. The second-order valence-electron chi connectivity index (χ2n) is 6.46. The second kappa shape index (κ2) is 7.37. The molecule has 0 aromatic heterocycles. The molecule has 0 saturated carbocycles. The SMILES string of the molecule is O=C1N(Cc2cccc(F)c2F)CCCC1(O)CN1CCSCC1. The van der Waals surface area contributed by atoms with E-state index in [0.717, 1.165) is 30.7 Å². The summed E-state index contributed by atoms with van der Waals surface area (Å²) in [5.41, 5.74) is -1.29. The lowest BCUT2D eigenvalue weighted by molar-refractivity contribution is -0.160. The number of hydrogen-bond acceptors (Lipinski definition) is 4. The fourth-order valence-electron chi connectivity index (χ4n) is 3.37. The molecule has 1 amide bonds. The molecule has 2 heterocycles. The highest BCUT2D eigenvalue weighted by molar-refractivity contribution is 7.99. The van der Waals surface area contributed by atoms with Crippen LogP contribution in [0.5, 0.6) is 0 Å². The van der Waals surface area contributed by atoms with Crippen LogP contribution in [0.4, 0.5) is 8.78 Å². The van der Waals surface area contributed by atoms with E-state index in [0.29, 0.717) is 25.9 Å². The zero-order valence-electron chi connectivity index (χ0n) is 13.5. The van der Waals surface area contributed by atoms with E-state index in [9.17, 15) is 18.7 Å². The quantitative estimate of drug-likeness (QED) is 0.895. The number of rotatable bonds is 4. The average molecular weight is 356 g/mol. The third-order valence-electron chi connectivity index (χ3n) is 4.69. The van der Waals surface area contributed by atoms with Gasteiger partial charge in [0.2, 0.25) is 0 Å². The van der Waals surface area contributed by atoms with E-state index in [1.54, 1.807) is 0 Å². The Kier molecular flexibility index (Phi) is 5.42. The van der Waals surface area contributed by atoms with Crippen molar-refractivity contribution in [1.82, 2.24) is 9.80 Å². The number of likely N-dealkylation sites (tertiary alicyclic amines) is 1. The van der Waals surface area contributed by atoms with Crippen molar-refractivity contribution in [2.24, 2.45) is 0 Å². The molecule has 7 heteroatoms. The van der Waals surface area contributed by atoms with Crippen LogP contribution in [0.1, 0.15) is 18.4 Å². The number of hydrogen-bond donors (Lipinski definition) is 1. The number of carbonyl (C=O) groups excluding carboxylic acids is 1. The number of aliphatic hydroxyl groups is 1. The number of thioether (sulfide) groups is 1. The van der Waals surface area contributed by atoms with Crippen LogP contribution in [0, 0.1) is 11.6 Å². The minimum absolute atomic E-state index is 0.0133. The van der Waals surface area contributed by atoms with Crippen molar-refractivity contribution in [3.8, 4) is 0 Å². The van der Waals surface area contributed by atoms with Crippen molar-refractivity contribution in [3.05, 3.63) is 35.4 Å². The fourth-order valence-corrected chi connectivity index (χ4v) is 4.35. The predicted molar refractivity (Wildman–Crippen MR) is 89.7 cm³/mol. The molecule has 0 spiro atoms. The highest BCUT2D eigenvalue weighted by Gasteiger charge is 2.43. The molecule has 0 aliphatic carbocycles. The van der Waals surface area contributed by atoms with Crippen molar-refractivity contribution in [2.75, 3.05) is 37.7 Å². The van der Waals surface area contributed by atoms with E-state index < -0.39 is 17.2 Å².